The van der Waals surface area contributed by atoms with Crippen LogP contribution in [0.15, 0.2) is 57.9 Å². The Hall–Kier alpha value is -1.66. The van der Waals surface area contributed by atoms with Crippen molar-refractivity contribution in [2.45, 2.75) is 4.90 Å². The molecule has 1 amide bonds. The van der Waals surface area contributed by atoms with Crippen LogP contribution in [0.5, 0.6) is 0 Å². The first-order chi connectivity index (χ1) is 9.56. The molecule has 4 nitrogen and oxygen atoms in total. The van der Waals surface area contributed by atoms with Gasteiger partial charge in [0.25, 0.3) is 0 Å². The standard InChI is InChI=1S/C14H13BrN2O2S/c15-10-6-7-13(12(16)8-10)20(19)9-14(18)17-11-4-2-1-3-5-11/h1-8H,9,16H2,(H,17,18). The Morgan fingerprint density at radius 1 is 1.20 bits per heavy atom. The average molecular weight is 353 g/mol. The number of amides is 1. The van der Waals surface area contributed by atoms with E-state index < -0.39 is 10.8 Å². The topological polar surface area (TPSA) is 72.2 Å². The van der Waals surface area contributed by atoms with E-state index in [0.29, 0.717) is 16.3 Å². The molecule has 0 aliphatic carbocycles. The second-order valence-corrected chi connectivity index (χ2v) is 6.42. The molecule has 20 heavy (non-hydrogen) atoms. The predicted molar refractivity (Wildman–Crippen MR) is 84.9 cm³/mol. The average Bonchev–Trinajstić information content (AvgIpc) is 2.39. The predicted octanol–water partition coefficient (Wildman–Crippen LogP) is 2.78. The summed E-state index contributed by atoms with van der Waals surface area (Å²) >= 11 is 3.28. The first-order valence-corrected chi connectivity index (χ1v) is 7.96. The summed E-state index contributed by atoms with van der Waals surface area (Å²) in [4.78, 5) is 12.3. The van der Waals surface area contributed by atoms with E-state index in [0.717, 1.165) is 4.47 Å². The molecule has 1 unspecified atom stereocenters. The van der Waals surface area contributed by atoms with Gasteiger partial charge in [-0.1, -0.05) is 34.1 Å². The number of halogens is 1. The van der Waals surface area contributed by atoms with Gasteiger partial charge in [-0.15, -0.1) is 0 Å². The molecule has 0 aliphatic rings. The molecule has 0 bridgehead atoms. The normalized spacial score (nSPS) is 11.8. The lowest BCUT2D eigenvalue weighted by atomic mass is 10.3. The van der Waals surface area contributed by atoms with Crippen LogP contribution in [0.2, 0.25) is 0 Å². The number of nitrogens with one attached hydrogen (secondary N) is 1. The minimum Gasteiger partial charge on any atom is -0.398 e. The van der Waals surface area contributed by atoms with Crippen LogP contribution in [0.1, 0.15) is 0 Å². The molecule has 1 atom stereocenters. The number of hydrogen-bond acceptors (Lipinski definition) is 3. The highest BCUT2D eigenvalue weighted by Gasteiger charge is 2.13. The van der Waals surface area contributed by atoms with E-state index >= 15 is 0 Å². The van der Waals surface area contributed by atoms with E-state index in [4.69, 9.17) is 5.73 Å². The van der Waals surface area contributed by atoms with Crippen molar-refractivity contribution < 1.29 is 9.00 Å². The van der Waals surface area contributed by atoms with Gasteiger partial charge >= 0.3 is 0 Å². The van der Waals surface area contributed by atoms with Gasteiger partial charge in [-0.05, 0) is 30.3 Å². The summed E-state index contributed by atoms with van der Waals surface area (Å²) in [5.41, 5.74) is 6.88. The number of rotatable bonds is 4. The van der Waals surface area contributed by atoms with E-state index in [1.807, 2.05) is 18.2 Å². The van der Waals surface area contributed by atoms with Crippen LogP contribution in [-0.4, -0.2) is 15.9 Å². The molecular weight excluding hydrogens is 340 g/mol. The number of para-hydroxylation sites is 1. The molecule has 0 fully saturated rings. The molecule has 2 rings (SSSR count). The highest BCUT2D eigenvalue weighted by molar-refractivity contribution is 9.10. The van der Waals surface area contributed by atoms with Crippen LogP contribution in [0.3, 0.4) is 0 Å². The quantitative estimate of drug-likeness (QED) is 0.831. The van der Waals surface area contributed by atoms with Gasteiger partial charge in [0.05, 0.1) is 15.7 Å². The highest BCUT2D eigenvalue weighted by Crippen LogP contribution is 2.21. The largest absolute Gasteiger partial charge is 0.398 e. The fourth-order valence-corrected chi connectivity index (χ4v) is 3.03. The first-order valence-electron chi connectivity index (χ1n) is 5.84. The van der Waals surface area contributed by atoms with E-state index in [9.17, 15) is 9.00 Å². The second kappa shape index (κ2) is 6.67. The van der Waals surface area contributed by atoms with Crippen molar-refractivity contribution >= 4 is 44.0 Å². The van der Waals surface area contributed by atoms with Gasteiger partial charge in [0.15, 0.2) is 0 Å². The highest BCUT2D eigenvalue weighted by atomic mass is 79.9. The van der Waals surface area contributed by atoms with Crippen LogP contribution >= 0.6 is 15.9 Å². The smallest absolute Gasteiger partial charge is 0.237 e. The van der Waals surface area contributed by atoms with Crippen molar-refractivity contribution in [1.82, 2.24) is 0 Å². The number of carbonyl (C=O) groups is 1. The molecule has 2 aromatic carbocycles. The van der Waals surface area contributed by atoms with E-state index in [-0.39, 0.29) is 11.7 Å². The molecule has 0 heterocycles. The molecule has 0 spiro atoms. The van der Waals surface area contributed by atoms with Crippen molar-refractivity contribution in [3.8, 4) is 0 Å². The van der Waals surface area contributed by atoms with Gasteiger partial charge in [-0.3, -0.25) is 9.00 Å². The maximum Gasteiger partial charge on any atom is 0.237 e. The lowest BCUT2D eigenvalue weighted by Gasteiger charge is -2.07. The number of nitrogens with two attached hydrogens (primary N) is 1. The minimum atomic E-state index is -1.46. The molecule has 0 aliphatic heterocycles. The zero-order chi connectivity index (χ0) is 14.5. The molecule has 104 valence electrons. The summed E-state index contributed by atoms with van der Waals surface area (Å²) in [6, 6.07) is 14.1. The lowest BCUT2D eigenvalue weighted by Crippen LogP contribution is -2.19. The summed E-state index contributed by atoms with van der Waals surface area (Å²) in [6.45, 7) is 0. The van der Waals surface area contributed by atoms with E-state index in [1.54, 1.807) is 30.3 Å². The van der Waals surface area contributed by atoms with Crippen molar-refractivity contribution in [2.24, 2.45) is 0 Å². The third-order valence-electron chi connectivity index (χ3n) is 2.54. The van der Waals surface area contributed by atoms with Gasteiger partial charge < -0.3 is 11.1 Å². The van der Waals surface area contributed by atoms with E-state index in [1.165, 1.54) is 0 Å². The number of nitrogen functional groups attached to an aromatic ring is 1. The monoisotopic (exact) mass is 352 g/mol. The van der Waals surface area contributed by atoms with Crippen LogP contribution in [-0.2, 0) is 15.6 Å². The Kier molecular flexibility index (Phi) is 4.92. The second-order valence-electron chi connectivity index (χ2n) is 4.09. The van der Waals surface area contributed by atoms with Crippen molar-refractivity contribution in [3.63, 3.8) is 0 Å². The Labute approximate surface area is 128 Å². The third-order valence-corrected chi connectivity index (χ3v) is 4.42. The van der Waals surface area contributed by atoms with Crippen molar-refractivity contribution in [2.75, 3.05) is 16.8 Å². The van der Waals surface area contributed by atoms with Crippen LogP contribution in [0.4, 0.5) is 11.4 Å². The fraction of sp³-hybridized carbons (Fsp3) is 0.0714. The SMILES string of the molecule is Nc1cc(Br)ccc1S(=O)CC(=O)Nc1ccccc1. The van der Waals surface area contributed by atoms with Gasteiger partial charge in [0.1, 0.15) is 5.75 Å². The van der Waals surface area contributed by atoms with Gasteiger partial charge in [-0.25, -0.2) is 0 Å². The molecule has 3 N–H and O–H groups in total. The Morgan fingerprint density at radius 3 is 2.55 bits per heavy atom. The van der Waals surface area contributed by atoms with Crippen LogP contribution in [0, 0.1) is 0 Å². The molecule has 2 aromatic rings. The molecule has 0 saturated carbocycles. The van der Waals surface area contributed by atoms with Crippen molar-refractivity contribution in [3.05, 3.63) is 53.0 Å². The zero-order valence-electron chi connectivity index (χ0n) is 10.5. The summed E-state index contributed by atoms with van der Waals surface area (Å²) < 4.78 is 12.9. The Bertz CT molecular complexity index is 647. The molecule has 6 heteroatoms. The maximum atomic E-state index is 12.1. The number of anilines is 2. The molecule has 0 aromatic heterocycles. The third kappa shape index (κ3) is 3.91. The fourth-order valence-electron chi connectivity index (χ4n) is 1.64. The number of carbonyl (C=O) groups excluding carboxylic acids is 1. The Morgan fingerprint density at radius 2 is 1.90 bits per heavy atom. The first kappa shape index (κ1) is 14.7. The molecule has 0 saturated heterocycles. The number of hydrogen-bond donors (Lipinski definition) is 2. The number of benzene rings is 2. The van der Waals surface area contributed by atoms with Crippen LogP contribution < -0.4 is 11.1 Å². The van der Waals surface area contributed by atoms with Gasteiger partial charge in [0.2, 0.25) is 5.91 Å². The van der Waals surface area contributed by atoms with Gasteiger partial charge in [0, 0.05) is 15.8 Å². The molecule has 0 radical (unpaired) electrons. The van der Waals surface area contributed by atoms with Crippen molar-refractivity contribution in [1.29, 1.82) is 0 Å². The Balaban J connectivity index is 2.02. The maximum absolute atomic E-state index is 12.1. The molecular formula is C14H13BrN2O2S. The van der Waals surface area contributed by atoms with Gasteiger partial charge in [-0.2, -0.15) is 0 Å². The van der Waals surface area contributed by atoms with Crippen LogP contribution in [0.25, 0.3) is 0 Å². The summed E-state index contributed by atoms with van der Waals surface area (Å²) in [6.07, 6.45) is 0. The lowest BCUT2D eigenvalue weighted by molar-refractivity contribution is -0.113. The van der Waals surface area contributed by atoms with E-state index in [2.05, 4.69) is 21.2 Å². The zero-order valence-corrected chi connectivity index (χ0v) is 12.9. The summed E-state index contributed by atoms with van der Waals surface area (Å²) in [7, 11) is -1.46. The summed E-state index contributed by atoms with van der Waals surface area (Å²) in [5, 5.41) is 2.69. The minimum absolute atomic E-state index is 0.124. The summed E-state index contributed by atoms with van der Waals surface area (Å²) in [5.74, 6) is -0.433.